The highest BCUT2D eigenvalue weighted by Crippen LogP contribution is 2.25. The Bertz CT molecular complexity index is 698. The monoisotopic (exact) mass is 300 g/mol. The molecule has 0 spiro atoms. The number of hydrogen-bond donors (Lipinski definition) is 1. The first kappa shape index (κ1) is 14.2. The molecule has 1 aliphatic rings. The highest BCUT2D eigenvalue weighted by molar-refractivity contribution is 5.93. The van der Waals surface area contributed by atoms with Gasteiger partial charge in [0.2, 0.25) is 0 Å². The van der Waals surface area contributed by atoms with Gasteiger partial charge in [0.05, 0.1) is 17.8 Å². The lowest BCUT2D eigenvalue weighted by Crippen LogP contribution is -2.37. The third kappa shape index (κ3) is 2.45. The van der Waals surface area contributed by atoms with Crippen molar-refractivity contribution in [2.45, 2.75) is 19.4 Å². The minimum Gasteiger partial charge on any atom is -0.481 e. The first-order valence-corrected chi connectivity index (χ1v) is 7.09. The Balaban J connectivity index is 1.79. The van der Waals surface area contributed by atoms with Crippen LogP contribution in [0.4, 0.5) is 0 Å². The van der Waals surface area contributed by atoms with E-state index in [1.807, 2.05) is 30.3 Å². The Morgan fingerprint density at radius 3 is 2.64 bits per heavy atom. The second-order valence-corrected chi connectivity index (χ2v) is 5.33. The van der Waals surface area contributed by atoms with Gasteiger partial charge < -0.3 is 10.0 Å². The normalized spacial score (nSPS) is 21.0. The fraction of sp³-hybridized carbons (Fsp3) is 0.333. The summed E-state index contributed by atoms with van der Waals surface area (Å²) in [6, 6.07) is 8.95. The molecular weight excluding hydrogens is 284 g/mol. The molecule has 2 heterocycles. The van der Waals surface area contributed by atoms with Crippen LogP contribution in [0.15, 0.2) is 36.5 Å². The van der Waals surface area contributed by atoms with Crippen LogP contribution in [-0.2, 0) is 4.79 Å². The Morgan fingerprint density at radius 1 is 1.27 bits per heavy atom. The van der Waals surface area contributed by atoms with Gasteiger partial charge in [0.15, 0.2) is 5.69 Å². The summed E-state index contributed by atoms with van der Waals surface area (Å²) in [7, 11) is 0. The predicted molar refractivity (Wildman–Crippen MR) is 77.6 cm³/mol. The number of carboxylic acids is 1. The van der Waals surface area contributed by atoms with Crippen LogP contribution in [0, 0.1) is 5.92 Å². The van der Waals surface area contributed by atoms with Crippen molar-refractivity contribution in [1.82, 2.24) is 19.9 Å². The number of para-hydroxylation sites is 1. The molecule has 114 valence electrons. The Hall–Kier alpha value is -2.70. The lowest BCUT2D eigenvalue weighted by atomic mass is 10.0. The van der Waals surface area contributed by atoms with Gasteiger partial charge in [-0.2, -0.15) is 9.90 Å². The molecule has 22 heavy (non-hydrogen) atoms. The van der Waals surface area contributed by atoms with Crippen molar-refractivity contribution in [3.8, 4) is 5.69 Å². The quantitative estimate of drug-likeness (QED) is 0.920. The van der Waals surface area contributed by atoms with Crippen LogP contribution in [0.2, 0.25) is 0 Å². The summed E-state index contributed by atoms with van der Waals surface area (Å²) in [6.45, 7) is 2.18. The maximum absolute atomic E-state index is 12.5. The number of likely N-dealkylation sites (tertiary alicyclic amines) is 1. The number of amides is 1. The summed E-state index contributed by atoms with van der Waals surface area (Å²) in [5.41, 5.74) is 0.987. The second-order valence-electron chi connectivity index (χ2n) is 5.33. The average molecular weight is 300 g/mol. The number of carbonyl (C=O) groups excluding carboxylic acids is 1. The number of aliphatic carboxylic acids is 1. The van der Waals surface area contributed by atoms with Crippen LogP contribution in [0.3, 0.4) is 0 Å². The molecule has 0 radical (unpaired) electrons. The lowest BCUT2D eigenvalue weighted by Gasteiger charge is -2.22. The Kier molecular flexibility index (Phi) is 3.62. The van der Waals surface area contributed by atoms with Crippen molar-refractivity contribution >= 4 is 11.9 Å². The summed E-state index contributed by atoms with van der Waals surface area (Å²) in [5.74, 6) is -1.66. The van der Waals surface area contributed by atoms with Gasteiger partial charge in [0.25, 0.3) is 5.91 Å². The minimum atomic E-state index is -0.865. The lowest BCUT2D eigenvalue weighted by molar-refractivity contribution is -0.142. The summed E-state index contributed by atoms with van der Waals surface area (Å²) in [4.78, 5) is 26.6. The largest absolute Gasteiger partial charge is 0.481 e. The Labute approximate surface area is 127 Å². The number of benzene rings is 1. The number of carbonyl (C=O) groups is 2. The molecule has 1 fully saturated rings. The van der Waals surface area contributed by atoms with Crippen LogP contribution >= 0.6 is 0 Å². The second kappa shape index (κ2) is 5.59. The van der Waals surface area contributed by atoms with E-state index in [4.69, 9.17) is 5.11 Å². The predicted octanol–water partition coefficient (Wildman–Crippen LogP) is 1.20. The highest BCUT2D eigenvalue weighted by atomic mass is 16.4. The standard InChI is InChI=1S/C15H16N4O3/c1-10-12(15(21)22)7-8-18(10)14(20)13-9-16-19(17-13)11-5-3-2-4-6-11/h2-6,9-10,12H,7-8H2,1H3,(H,21,22). The number of rotatable bonds is 3. The first-order chi connectivity index (χ1) is 10.6. The number of nitrogens with zero attached hydrogens (tertiary/aromatic N) is 4. The molecule has 1 aromatic carbocycles. The SMILES string of the molecule is CC1C(C(=O)O)CCN1C(=O)c1cnn(-c2ccccc2)n1. The number of hydrogen-bond acceptors (Lipinski definition) is 4. The molecule has 1 saturated heterocycles. The van der Waals surface area contributed by atoms with Gasteiger partial charge >= 0.3 is 5.97 Å². The fourth-order valence-electron chi connectivity index (χ4n) is 2.75. The van der Waals surface area contributed by atoms with E-state index in [0.717, 1.165) is 5.69 Å². The van der Waals surface area contributed by atoms with Gasteiger partial charge in [-0.25, -0.2) is 0 Å². The third-order valence-corrected chi connectivity index (χ3v) is 4.03. The Morgan fingerprint density at radius 2 is 2.00 bits per heavy atom. The van der Waals surface area contributed by atoms with E-state index in [9.17, 15) is 9.59 Å². The van der Waals surface area contributed by atoms with E-state index in [2.05, 4.69) is 10.2 Å². The molecule has 0 bridgehead atoms. The van der Waals surface area contributed by atoms with E-state index in [1.54, 1.807) is 11.8 Å². The van der Waals surface area contributed by atoms with E-state index >= 15 is 0 Å². The van der Waals surface area contributed by atoms with E-state index < -0.39 is 11.9 Å². The van der Waals surface area contributed by atoms with Crippen LogP contribution < -0.4 is 0 Å². The number of aromatic nitrogens is 3. The van der Waals surface area contributed by atoms with Crippen LogP contribution in [0.25, 0.3) is 5.69 Å². The van der Waals surface area contributed by atoms with Crippen molar-refractivity contribution in [2.24, 2.45) is 5.92 Å². The van der Waals surface area contributed by atoms with Crippen molar-refractivity contribution in [3.05, 3.63) is 42.2 Å². The molecule has 0 aliphatic carbocycles. The molecule has 7 heteroatoms. The molecule has 2 atom stereocenters. The van der Waals surface area contributed by atoms with Crippen molar-refractivity contribution in [3.63, 3.8) is 0 Å². The van der Waals surface area contributed by atoms with Crippen molar-refractivity contribution in [2.75, 3.05) is 6.54 Å². The summed E-state index contributed by atoms with van der Waals surface area (Å²) >= 11 is 0. The first-order valence-electron chi connectivity index (χ1n) is 7.09. The molecule has 2 unspecified atom stereocenters. The third-order valence-electron chi connectivity index (χ3n) is 4.03. The summed E-state index contributed by atoms with van der Waals surface area (Å²) < 4.78 is 0. The zero-order valence-electron chi connectivity index (χ0n) is 12.1. The van der Waals surface area contributed by atoms with E-state index in [0.29, 0.717) is 13.0 Å². The average Bonchev–Trinajstić information content (AvgIpc) is 3.14. The fourth-order valence-corrected chi connectivity index (χ4v) is 2.75. The molecule has 2 aromatic rings. The molecule has 1 aliphatic heterocycles. The summed E-state index contributed by atoms with van der Waals surface area (Å²) in [6.07, 6.45) is 1.88. The minimum absolute atomic E-state index is 0.224. The van der Waals surface area contributed by atoms with Gasteiger partial charge in [0, 0.05) is 12.6 Å². The smallest absolute Gasteiger partial charge is 0.308 e. The molecule has 0 saturated carbocycles. The zero-order valence-corrected chi connectivity index (χ0v) is 12.1. The molecule has 1 amide bonds. The summed E-state index contributed by atoms with van der Waals surface area (Å²) in [5, 5.41) is 17.4. The van der Waals surface area contributed by atoms with Gasteiger partial charge in [-0.15, -0.1) is 5.10 Å². The number of carboxylic acid groups (broad SMARTS) is 1. The molecule has 1 aromatic heterocycles. The van der Waals surface area contributed by atoms with E-state index in [-0.39, 0.29) is 17.6 Å². The maximum atomic E-state index is 12.5. The topological polar surface area (TPSA) is 88.3 Å². The highest BCUT2D eigenvalue weighted by Gasteiger charge is 2.39. The van der Waals surface area contributed by atoms with Gasteiger partial charge in [-0.05, 0) is 25.5 Å². The van der Waals surface area contributed by atoms with Crippen LogP contribution in [-0.4, -0.2) is 49.5 Å². The molecule has 1 N–H and O–H groups in total. The maximum Gasteiger partial charge on any atom is 0.308 e. The van der Waals surface area contributed by atoms with E-state index in [1.165, 1.54) is 11.0 Å². The van der Waals surface area contributed by atoms with Gasteiger partial charge in [0.1, 0.15) is 0 Å². The van der Waals surface area contributed by atoms with Crippen LogP contribution in [0.5, 0.6) is 0 Å². The molecule has 3 rings (SSSR count). The van der Waals surface area contributed by atoms with Crippen LogP contribution in [0.1, 0.15) is 23.8 Å². The van der Waals surface area contributed by atoms with Crippen molar-refractivity contribution in [1.29, 1.82) is 0 Å². The molecular formula is C15H16N4O3. The molecule has 7 nitrogen and oxygen atoms in total. The van der Waals surface area contributed by atoms with Crippen molar-refractivity contribution < 1.29 is 14.7 Å². The van der Waals surface area contributed by atoms with Gasteiger partial charge in [-0.3, -0.25) is 9.59 Å². The van der Waals surface area contributed by atoms with Gasteiger partial charge in [-0.1, -0.05) is 18.2 Å². The zero-order chi connectivity index (χ0) is 15.7.